The van der Waals surface area contributed by atoms with Gasteiger partial charge in [-0.2, -0.15) is 0 Å². The van der Waals surface area contributed by atoms with Gasteiger partial charge in [-0.25, -0.2) is 0 Å². The molecular weight excluding hydrogens is 178 g/mol. The van der Waals surface area contributed by atoms with E-state index in [0.29, 0.717) is 5.69 Å². The van der Waals surface area contributed by atoms with Crippen LogP contribution in [0.25, 0.3) is 0 Å². The second-order valence-electron chi connectivity index (χ2n) is 3.03. The van der Waals surface area contributed by atoms with E-state index in [-0.39, 0.29) is 0 Å². The summed E-state index contributed by atoms with van der Waals surface area (Å²) in [5.41, 5.74) is 7.27. The van der Waals surface area contributed by atoms with Crippen molar-refractivity contribution in [2.24, 2.45) is 0 Å². The highest BCUT2D eigenvalue weighted by Crippen LogP contribution is 2.12. The summed E-state index contributed by atoms with van der Waals surface area (Å²) in [5, 5.41) is 3.61. The Labute approximate surface area is 81.7 Å². The average Bonchev–Trinajstić information content (AvgIpc) is 2.63. The Hall–Kier alpha value is -1.84. The molecule has 0 bridgehead atoms. The van der Waals surface area contributed by atoms with Crippen LogP contribution in [0.5, 0.6) is 0 Å². The lowest BCUT2D eigenvalue weighted by Gasteiger charge is -1.97. The quantitative estimate of drug-likeness (QED) is 0.793. The zero-order valence-corrected chi connectivity index (χ0v) is 7.68. The van der Waals surface area contributed by atoms with Crippen LogP contribution in [-0.4, -0.2) is 10.1 Å². The van der Waals surface area contributed by atoms with Gasteiger partial charge in [0.1, 0.15) is 0 Å². The number of aryl methyl sites for hydroxylation is 2. The summed E-state index contributed by atoms with van der Waals surface area (Å²) >= 11 is 0. The Morgan fingerprint density at radius 1 is 1.29 bits per heavy atom. The summed E-state index contributed by atoms with van der Waals surface area (Å²) in [7, 11) is 0. The van der Waals surface area contributed by atoms with Crippen molar-refractivity contribution >= 4 is 5.69 Å². The fourth-order valence-corrected chi connectivity index (χ4v) is 1.25. The number of anilines is 1. The molecule has 2 rings (SSSR count). The third-order valence-corrected chi connectivity index (χ3v) is 2.01. The lowest BCUT2D eigenvalue weighted by Crippen LogP contribution is -1.95. The number of rotatable bonds is 3. The van der Waals surface area contributed by atoms with Crippen LogP contribution in [0.2, 0.25) is 0 Å². The lowest BCUT2D eigenvalue weighted by atomic mass is 10.2. The van der Waals surface area contributed by atoms with Crippen LogP contribution in [0, 0.1) is 0 Å². The monoisotopic (exact) mass is 189 g/mol. The normalized spacial score (nSPS) is 10.3. The van der Waals surface area contributed by atoms with Crippen LogP contribution in [-0.2, 0) is 12.8 Å². The predicted octanol–water partition coefficient (Wildman–Crippen LogP) is 1.44. The number of aromatic nitrogens is 2. The van der Waals surface area contributed by atoms with E-state index < -0.39 is 0 Å². The second kappa shape index (κ2) is 3.91. The molecule has 0 spiro atoms. The highest BCUT2D eigenvalue weighted by Gasteiger charge is 2.04. The number of hydrogen-bond donors (Lipinski definition) is 1. The number of pyridine rings is 1. The van der Waals surface area contributed by atoms with Gasteiger partial charge in [-0.05, 0) is 18.6 Å². The topological polar surface area (TPSA) is 64.9 Å². The molecule has 14 heavy (non-hydrogen) atoms. The van der Waals surface area contributed by atoms with Crippen molar-refractivity contribution in [3.05, 3.63) is 42.0 Å². The first-order valence-electron chi connectivity index (χ1n) is 4.45. The minimum Gasteiger partial charge on any atom is -0.395 e. The standard InChI is InChI=1S/C10H11N3O/c11-9-7-13-14-10(9)5-4-8-3-1-2-6-12-8/h1-3,6-7H,4-5,11H2. The molecule has 2 aromatic heterocycles. The van der Waals surface area contributed by atoms with Gasteiger partial charge in [0, 0.05) is 18.3 Å². The molecule has 0 aromatic carbocycles. The van der Waals surface area contributed by atoms with Crippen LogP contribution in [0.15, 0.2) is 35.1 Å². The summed E-state index contributed by atoms with van der Waals surface area (Å²) in [6.07, 6.45) is 4.86. The molecule has 2 heterocycles. The smallest absolute Gasteiger partial charge is 0.159 e. The minimum absolute atomic E-state index is 0.612. The van der Waals surface area contributed by atoms with E-state index in [1.165, 1.54) is 6.20 Å². The van der Waals surface area contributed by atoms with E-state index in [1.54, 1.807) is 6.20 Å². The number of nitrogen functional groups attached to an aromatic ring is 1. The van der Waals surface area contributed by atoms with Gasteiger partial charge in [-0.15, -0.1) is 0 Å². The van der Waals surface area contributed by atoms with Crippen LogP contribution in [0.3, 0.4) is 0 Å². The van der Waals surface area contributed by atoms with E-state index >= 15 is 0 Å². The molecule has 2 aromatic rings. The first kappa shape index (κ1) is 8.74. The van der Waals surface area contributed by atoms with Crippen molar-refractivity contribution in [2.45, 2.75) is 12.8 Å². The molecule has 0 radical (unpaired) electrons. The first-order valence-corrected chi connectivity index (χ1v) is 4.45. The zero-order chi connectivity index (χ0) is 9.80. The molecule has 0 aliphatic carbocycles. The van der Waals surface area contributed by atoms with Gasteiger partial charge in [0.25, 0.3) is 0 Å². The number of nitrogens with two attached hydrogens (primary N) is 1. The zero-order valence-electron chi connectivity index (χ0n) is 7.68. The Balaban J connectivity index is 1.99. The third kappa shape index (κ3) is 1.90. The molecule has 0 unspecified atom stereocenters. The van der Waals surface area contributed by atoms with Gasteiger partial charge in [-0.1, -0.05) is 11.2 Å². The molecule has 0 amide bonds. The lowest BCUT2D eigenvalue weighted by molar-refractivity contribution is 0.383. The van der Waals surface area contributed by atoms with Gasteiger partial charge in [0.15, 0.2) is 5.76 Å². The van der Waals surface area contributed by atoms with E-state index in [9.17, 15) is 0 Å². The van der Waals surface area contributed by atoms with Crippen LogP contribution >= 0.6 is 0 Å². The highest BCUT2D eigenvalue weighted by molar-refractivity contribution is 5.38. The fraction of sp³-hybridized carbons (Fsp3) is 0.200. The van der Waals surface area contributed by atoms with E-state index in [4.69, 9.17) is 10.3 Å². The van der Waals surface area contributed by atoms with E-state index in [1.807, 2.05) is 18.2 Å². The van der Waals surface area contributed by atoms with Crippen molar-refractivity contribution in [3.8, 4) is 0 Å². The summed E-state index contributed by atoms with van der Waals surface area (Å²) < 4.78 is 4.98. The molecule has 4 nitrogen and oxygen atoms in total. The molecule has 0 fully saturated rings. The summed E-state index contributed by atoms with van der Waals surface area (Å²) in [5.74, 6) is 0.732. The fourth-order valence-electron chi connectivity index (χ4n) is 1.25. The molecule has 0 saturated heterocycles. The van der Waals surface area contributed by atoms with Gasteiger partial charge in [-0.3, -0.25) is 4.98 Å². The van der Waals surface area contributed by atoms with Crippen LogP contribution in [0.4, 0.5) is 5.69 Å². The van der Waals surface area contributed by atoms with Crippen molar-refractivity contribution in [2.75, 3.05) is 5.73 Å². The summed E-state index contributed by atoms with van der Waals surface area (Å²) in [4.78, 5) is 4.20. The van der Waals surface area contributed by atoms with E-state index in [2.05, 4.69) is 10.1 Å². The first-order chi connectivity index (χ1) is 6.86. The average molecular weight is 189 g/mol. The minimum atomic E-state index is 0.612. The molecular formula is C10H11N3O. The maximum Gasteiger partial charge on any atom is 0.159 e. The largest absolute Gasteiger partial charge is 0.395 e. The second-order valence-corrected chi connectivity index (χ2v) is 3.03. The number of hydrogen-bond acceptors (Lipinski definition) is 4. The van der Waals surface area contributed by atoms with Gasteiger partial charge in [0.05, 0.1) is 11.9 Å². The van der Waals surface area contributed by atoms with Crippen molar-refractivity contribution in [1.29, 1.82) is 0 Å². The van der Waals surface area contributed by atoms with Crippen molar-refractivity contribution in [3.63, 3.8) is 0 Å². The van der Waals surface area contributed by atoms with Crippen molar-refractivity contribution < 1.29 is 4.52 Å². The molecule has 2 N–H and O–H groups in total. The Morgan fingerprint density at radius 2 is 2.21 bits per heavy atom. The molecule has 0 aliphatic rings. The third-order valence-electron chi connectivity index (χ3n) is 2.01. The maximum absolute atomic E-state index is 5.63. The molecule has 0 aliphatic heterocycles. The predicted molar refractivity (Wildman–Crippen MR) is 52.6 cm³/mol. The van der Waals surface area contributed by atoms with Crippen LogP contribution in [0.1, 0.15) is 11.5 Å². The number of nitrogens with zero attached hydrogens (tertiary/aromatic N) is 2. The highest BCUT2D eigenvalue weighted by atomic mass is 16.5. The van der Waals surface area contributed by atoms with E-state index in [0.717, 1.165) is 24.3 Å². The van der Waals surface area contributed by atoms with Crippen molar-refractivity contribution in [1.82, 2.24) is 10.1 Å². The Bertz CT molecular complexity index is 397. The van der Waals surface area contributed by atoms with Gasteiger partial charge in [0.2, 0.25) is 0 Å². The molecule has 4 heteroatoms. The summed E-state index contributed by atoms with van der Waals surface area (Å²) in [6, 6.07) is 5.84. The molecule has 72 valence electrons. The molecule has 0 atom stereocenters. The molecule has 0 saturated carbocycles. The Morgan fingerprint density at radius 3 is 2.86 bits per heavy atom. The van der Waals surface area contributed by atoms with Gasteiger partial charge < -0.3 is 10.3 Å². The SMILES string of the molecule is Nc1cnoc1CCc1ccccn1. The maximum atomic E-state index is 5.63. The Kier molecular flexibility index (Phi) is 2.44. The summed E-state index contributed by atoms with van der Waals surface area (Å²) in [6.45, 7) is 0. The van der Waals surface area contributed by atoms with Gasteiger partial charge >= 0.3 is 0 Å². The van der Waals surface area contributed by atoms with Crippen LogP contribution < -0.4 is 5.73 Å².